The molecule has 0 bridgehead atoms. The Labute approximate surface area is 217 Å². The summed E-state index contributed by atoms with van der Waals surface area (Å²) in [6, 6.07) is 0. The van der Waals surface area contributed by atoms with Gasteiger partial charge in [0.05, 0.1) is 12.8 Å². The number of methoxy groups -OCH3 is 1. The molecular formula is C31H47NO4. The van der Waals surface area contributed by atoms with Crippen LogP contribution < -0.4 is 0 Å². The van der Waals surface area contributed by atoms with Gasteiger partial charge in [0, 0.05) is 5.92 Å². The molecule has 0 amide bonds. The molecule has 0 aliphatic heterocycles. The number of allylic oxidation sites excluding steroid dienone is 2. The lowest BCUT2D eigenvalue weighted by Gasteiger charge is -2.70. The minimum Gasteiger partial charge on any atom is -0.468 e. The third kappa shape index (κ3) is 2.92. The summed E-state index contributed by atoms with van der Waals surface area (Å²) in [6.07, 6.45) is 9.99. The van der Waals surface area contributed by atoms with Gasteiger partial charge in [-0.1, -0.05) is 52.3 Å². The minimum atomic E-state index is -1.01. The Kier molecular flexibility index (Phi) is 5.72. The molecule has 0 aromatic heterocycles. The van der Waals surface area contributed by atoms with Crippen molar-refractivity contribution in [2.24, 2.45) is 61.8 Å². The van der Waals surface area contributed by atoms with Crippen LogP contribution in [0.2, 0.25) is 0 Å². The molecule has 5 heteroatoms. The van der Waals surface area contributed by atoms with E-state index in [4.69, 9.17) is 4.74 Å². The third-order valence-corrected chi connectivity index (χ3v) is 13.3. The van der Waals surface area contributed by atoms with E-state index in [0.29, 0.717) is 29.9 Å². The number of esters is 1. The van der Waals surface area contributed by atoms with Crippen LogP contribution in [0.4, 0.5) is 0 Å². The third-order valence-electron chi connectivity index (χ3n) is 13.3. The Bertz CT molecular complexity index is 1050. The van der Waals surface area contributed by atoms with Crippen LogP contribution in [0.25, 0.3) is 0 Å². The zero-order chi connectivity index (χ0) is 26.5. The number of fused-ring (bicyclic) bond motifs is 7. The molecule has 36 heavy (non-hydrogen) atoms. The first-order chi connectivity index (χ1) is 16.7. The second-order valence-electron chi connectivity index (χ2n) is 14.5. The van der Waals surface area contributed by atoms with E-state index >= 15 is 0 Å². The van der Waals surface area contributed by atoms with E-state index in [1.165, 1.54) is 31.9 Å². The number of carbonyl (C=O) groups excluding carboxylic acids is 2. The summed E-state index contributed by atoms with van der Waals surface area (Å²) in [7, 11) is 1.41. The van der Waals surface area contributed by atoms with Crippen molar-refractivity contribution in [1.82, 2.24) is 0 Å². The van der Waals surface area contributed by atoms with Crippen molar-refractivity contribution >= 4 is 17.5 Å². The zero-order valence-corrected chi connectivity index (χ0v) is 23.7. The Morgan fingerprint density at radius 1 is 1.03 bits per heavy atom. The standard InChI is InChI=1S/C31H47NO4/c1-18-9-12-27(3)15-16-29(5)20(24(27)19(18)2)17-21(33)25-28(4)13-11-23(32-35)31(7,26(34)36-8)22(28)10-14-30(25,29)6/h17-19,22,24-25,35H,9-16H2,1-8H3/b32-23-/t18-,19+,22?,24?,25?,27-,28+,29-,30-,31-/m1/s1. The monoisotopic (exact) mass is 497 g/mol. The van der Waals surface area contributed by atoms with E-state index in [-0.39, 0.29) is 45.2 Å². The van der Waals surface area contributed by atoms with Crippen LogP contribution in [0.15, 0.2) is 16.8 Å². The maximum absolute atomic E-state index is 14.4. The molecule has 0 aromatic carbocycles. The summed E-state index contributed by atoms with van der Waals surface area (Å²) in [5.41, 5.74) is 0.659. The lowest BCUT2D eigenvalue weighted by atomic mass is 9.33. The van der Waals surface area contributed by atoms with Gasteiger partial charge < -0.3 is 9.94 Å². The van der Waals surface area contributed by atoms with Crippen LogP contribution in [0.3, 0.4) is 0 Å². The number of hydrogen-bond acceptors (Lipinski definition) is 5. The number of ether oxygens (including phenoxy) is 1. The van der Waals surface area contributed by atoms with Crippen LogP contribution in [0.1, 0.15) is 99.8 Å². The van der Waals surface area contributed by atoms with E-state index < -0.39 is 5.41 Å². The molecule has 5 aliphatic rings. The van der Waals surface area contributed by atoms with E-state index in [2.05, 4.69) is 52.8 Å². The molecule has 3 unspecified atom stereocenters. The van der Waals surface area contributed by atoms with Crippen molar-refractivity contribution in [1.29, 1.82) is 0 Å². The Hall–Kier alpha value is -1.65. The molecule has 5 rings (SSSR count). The molecular weight excluding hydrogens is 450 g/mol. The second-order valence-corrected chi connectivity index (χ2v) is 14.5. The van der Waals surface area contributed by atoms with Gasteiger partial charge in [-0.25, -0.2) is 0 Å². The lowest BCUT2D eigenvalue weighted by molar-refractivity contribution is -0.185. The molecule has 0 radical (unpaired) electrons. The van der Waals surface area contributed by atoms with Crippen LogP contribution in [0.5, 0.6) is 0 Å². The van der Waals surface area contributed by atoms with Gasteiger partial charge in [0.25, 0.3) is 0 Å². The van der Waals surface area contributed by atoms with Crippen molar-refractivity contribution in [3.63, 3.8) is 0 Å². The van der Waals surface area contributed by atoms with E-state index in [0.717, 1.165) is 25.7 Å². The van der Waals surface area contributed by atoms with Gasteiger partial charge in [-0.2, -0.15) is 0 Å². The number of hydrogen-bond donors (Lipinski definition) is 1. The highest BCUT2D eigenvalue weighted by atomic mass is 16.5. The smallest absolute Gasteiger partial charge is 0.317 e. The molecule has 0 saturated heterocycles. The Balaban J connectivity index is 1.65. The van der Waals surface area contributed by atoms with E-state index in [1.807, 2.05) is 6.92 Å². The highest BCUT2D eigenvalue weighted by Gasteiger charge is 2.71. The van der Waals surface area contributed by atoms with Gasteiger partial charge in [-0.15, -0.1) is 0 Å². The summed E-state index contributed by atoms with van der Waals surface area (Å²) >= 11 is 0. The van der Waals surface area contributed by atoms with Gasteiger partial charge >= 0.3 is 5.97 Å². The summed E-state index contributed by atoms with van der Waals surface area (Å²) < 4.78 is 5.28. The van der Waals surface area contributed by atoms with Crippen LogP contribution >= 0.6 is 0 Å². The molecule has 10 atom stereocenters. The second kappa shape index (κ2) is 7.93. The number of oxime groups is 1. The average Bonchev–Trinajstić information content (AvgIpc) is 2.82. The molecule has 0 aromatic rings. The maximum atomic E-state index is 14.4. The predicted molar refractivity (Wildman–Crippen MR) is 141 cm³/mol. The van der Waals surface area contributed by atoms with Crippen molar-refractivity contribution in [2.45, 2.75) is 99.8 Å². The van der Waals surface area contributed by atoms with Crippen molar-refractivity contribution in [2.75, 3.05) is 7.11 Å². The fourth-order valence-corrected chi connectivity index (χ4v) is 10.8. The minimum absolute atomic E-state index is 0.0257. The largest absolute Gasteiger partial charge is 0.468 e. The molecule has 4 fully saturated rings. The Morgan fingerprint density at radius 3 is 2.36 bits per heavy atom. The lowest BCUT2D eigenvalue weighted by Crippen LogP contribution is -2.67. The average molecular weight is 498 g/mol. The van der Waals surface area contributed by atoms with Crippen LogP contribution in [-0.4, -0.2) is 29.8 Å². The van der Waals surface area contributed by atoms with E-state index in [1.54, 1.807) is 0 Å². The number of ketones is 1. The van der Waals surface area contributed by atoms with Gasteiger partial charge in [-0.05, 0) is 110 Å². The Morgan fingerprint density at radius 2 is 1.72 bits per heavy atom. The fraction of sp³-hybridized carbons (Fsp3) is 0.839. The normalized spacial score (nSPS) is 53.4. The van der Waals surface area contributed by atoms with Crippen LogP contribution in [0, 0.1) is 56.7 Å². The molecule has 0 heterocycles. The van der Waals surface area contributed by atoms with Gasteiger partial charge in [0.15, 0.2) is 5.78 Å². The quantitative estimate of drug-likeness (QED) is 0.245. The zero-order valence-electron chi connectivity index (χ0n) is 23.7. The molecule has 200 valence electrons. The van der Waals surface area contributed by atoms with Crippen LogP contribution in [-0.2, 0) is 14.3 Å². The summed E-state index contributed by atoms with van der Waals surface area (Å²) in [4.78, 5) is 27.6. The number of carbonyl (C=O) groups is 2. The summed E-state index contributed by atoms with van der Waals surface area (Å²) in [6.45, 7) is 16.3. The predicted octanol–water partition coefficient (Wildman–Crippen LogP) is 6.83. The maximum Gasteiger partial charge on any atom is 0.317 e. The summed E-state index contributed by atoms with van der Waals surface area (Å²) in [5.74, 6) is 1.39. The highest BCUT2D eigenvalue weighted by molar-refractivity contribution is 6.07. The van der Waals surface area contributed by atoms with Crippen molar-refractivity contribution in [3.8, 4) is 0 Å². The first kappa shape index (κ1) is 26.0. The molecule has 0 spiro atoms. The van der Waals surface area contributed by atoms with E-state index in [9.17, 15) is 14.8 Å². The molecule has 4 saturated carbocycles. The molecule has 1 N–H and O–H groups in total. The SMILES string of the molecule is COC(=O)[C@@]1(C)/C(=N\O)CC[C@@]2(C)C1CC[C@]1(C)C2C(=O)C=C2C3[C@@H](C)[C@H](C)CC[C@]3(C)CC[C@]21C. The van der Waals surface area contributed by atoms with Crippen molar-refractivity contribution < 1.29 is 19.5 Å². The highest BCUT2D eigenvalue weighted by Crippen LogP contribution is 2.75. The summed E-state index contributed by atoms with van der Waals surface area (Å²) in [5, 5.41) is 13.5. The first-order valence-corrected chi connectivity index (χ1v) is 14.3. The van der Waals surface area contributed by atoms with Gasteiger partial charge in [-0.3, -0.25) is 9.59 Å². The fourth-order valence-electron chi connectivity index (χ4n) is 10.8. The molecule has 5 aliphatic carbocycles. The first-order valence-electron chi connectivity index (χ1n) is 14.3. The van der Waals surface area contributed by atoms with Gasteiger partial charge in [0.2, 0.25) is 0 Å². The number of nitrogens with zero attached hydrogens (tertiary/aromatic N) is 1. The number of rotatable bonds is 1. The van der Waals surface area contributed by atoms with Crippen molar-refractivity contribution in [3.05, 3.63) is 11.6 Å². The van der Waals surface area contributed by atoms with Gasteiger partial charge in [0.1, 0.15) is 5.41 Å². The molecule has 5 nitrogen and oxygen atoms in total. The topological polar surface area (TPSA) is 76.0 Å².